The first-order valence-corrected chi connectivity index (χ1v) is 13.6. The fourth-order valence-electron chi connectivity index (χ4n) is 6.30. The number of benzene rings is 4. The van der Waals surface area contributed by atoms with Crippen molar-refractivity contribution in [1.82, 2.24) is 14.1 Å². The lowest BCUT2D eigenvalue weighted by Crippen LogP contribution is -2.04. The van der Waals surface area contributed by atoms with Gasteiger partial charge in [-0.05, 0) is 61.4 Å². The summed E-state index contributed by atoms with van der Waals surface area (Å²) in [6, 6.07) is 40.1. The van der Waals surface area contributed by atoms with Gasteiger partial charge in [0.2, 0.25) is 0 Å². The minimum atomic E-state index is 0.620. The lowest BCUT2D eigenvalue weighted by molar-refractivity contribution is 0.888. The Balaban J connectivity index is 1.34. The van der Waals surface area contributed by atoms with Gasteiger partial charge in [0.25, 0.3) is 0 Å². The molecule has 3 heterocycles. The Kier molecular flexibility index (Phi) is 4.98. The highest BCUT2D eigenvalue weighted by Gasteiger charge is 2.19. The molecule has 8 rings (SSSR count). The largest absolute Gasteiger partial charge is 0.313 e. The predicted octanol–water partition coefficient (Wildman–Crippen LogP) is 8.62. The van der Waals surface area contributed by atoms with Gasteiger partial charge in [-0.25, -0.2) is 4.98 Å². The molecule has 0 atom stereocenters. The van der Waals surface area contributed by atoms with Crippen LogP contribution in [0.2, 0.25) is 0 Å². The second-order valence-corrected chi connectivity index (χ2v) is 10.3. The van der Waals surface area contributed by atoms with Gasteiger partial charge in [-0.2, -0.15) is 5.26 Å². The molecule has 1 aliphatic rings. The highest BCUT2D eigenvalue weighted by atomic mass is 15.1. The van der Waals surface area contributed by atoms with Gasteiger partial charge >= 0.3 is 0 Å². The molecule has 1 aliphatic carbocycles. The Labute approximate surface area is 231 Å². The van der Waals surface area contributed by atoms with Gasteiger partial charge < -0.3 is 4.57 Å². The first-order chi connectivity index (χ1) is 19.8. The topological polar surface area (TPSA) is 46.5 Å². The van der Waals surface area contributed by atoms with E-state index in [1.165, 1.54) is 27.4 Å². The summed E-state index contributed by atoms with van der Waals surface area (Å²) in [5.74, 6) is 0.854. The van der Waals surface area contributed by atoms with Crippen LogP contribution in [0.25, 0.3) is 61.5 Å². The zero-order valence-electron chi connectivity index (χ0n) is 21.8. The SMILES string of the molecule is N#Cc1cc(-c2cccc(-n3c4ccccc4c4ccccc43)n2)cc(-n2c3c(c4ccccc42)C=CCC3)c1. The number of hydrogen-bond acceptors (Lipinski definition) is 2. The first-order valence-electron chi connectivity index (χ1n) is 13.6. The molecule has 0 unspecified atom stereocenters. The van der Waals surface area contributed by atoms with Crippen LogP contribution in [0, 0.1) is 11.3 Å². The lowest BCUT2D eigenvalue weighted by atomic mass is 10.0. The number of para-hydroxylation sites is 3. The predicted molar refractivity (Wildman–Crippen MR) is 163 cm³/mol. The van der Waals surface area contributed by atoms with Crippen LogP contribution in [0.5, 0.6) is 0 Å². The fourth-order valence-corrected chi connectivity index (χ4v) is 6.30. The van der Waals surface area contributed by atoms with Gasteiger partial charge in [-0.3, -0.25) is 4.57 Å². The van der Waals surface area contributed by atoms with Crippen molar-refractivity contribution in [3.63, 3.8) is 0 Å². The Bertz CT molecular complexity index is 2130. The van der Waals surface area contributed by atoms with E-state index < -0.39 is 0 Å². The molecule has 0 amide bonds. The van der Waals surface area contributed by atoms with E-state index in [-0.39, 0.29) is 0 Å². The highest BCUT2D eigenvalue weighted by Crippen LogP contribution is 2.36. The summed E-state index contributed by atoms with van der Waals surface area (Å²) in [5.41, 5.74) is 9.34. The Morgan fingerprint density at radius 2 is 1.35 bits per heavy atom. The standard InChI is InChI=1S/C36H24N4/c37-23-24-20-25(22-26(21-24)39-32-15-5-1-10-27(32)28-11-2-6-16-33(28)39)31-14-9-19-36(38-31)40-34-17-7-3-12-29(34)30-13-4-8-18-35(30)40/h1-5,7-15,17-22H,6,16H2. The average Bonchev–Trinajstić information content (AvgIpc) is 3.54. The van der Waals surface area contributed by atoms with Crippen molar-refractivity contribution in [2.24, 2.45) is 0 Å². The Morgan fingerprint density at radius 1 is 0.675 bits per heavy atom. The number of rotatable bonds is 3. The maximum absolute atomic E-state index is 10.0. The van der Waals surface area contributed by atoms with Crippen molar-refractivity contribution in [3.8, 4) is 28.8 Å². The van der Waals surface area contributed by atoms with Crippen molar-refractivity contribution in [1.29, 1.82) is 5.26 Å². The van der Waals surface area contributed by atoms with Gasteiger partial charge in [0.1, 0.15) is 5.82 Å². The molecule has 4 aromatic carbocycles. The molecule has 0 saturated heterocycles. The molecular weight excluding hydrogens is 488 g/mol. The smallest absolute Gasteiger partial charge is 0.138 e. The molecule has 0 fully saturated rings. The second-order valence-electron chi connectivity index (χ2n) is 10.3. The number of pyridine rings is 1. The highest BCUT2D eigenvalue weighted by molar-refractivity contribution is 6.09. The van der Waals surface area contributed by atoms with E-state index in [9.17, 15) is 5.26 Å². The molecular formula is C36H24N4. The van der Waals surface area contributed by atoms with Crippen LogP contribution in [0.15, 0.2) is 115 Å². The molecule has 4 nitrogen and oxygen atoms in total. The molecule has 0 bridgehead atoms. The summed E-state index contributed by atoms with van der Waals surface area (Å²) in [6.45, 7) is 0. The van der Waals surface area contributed by atoms with Crippen LogP contribution in [-0.2, 0) is 6.42 Å². The third kappa shape index (κ3) is 3.35. The molecule has 188 valence electrons. The molecule has 0 aliphatic heterocycles. The maximum Gasteiger partial charge on any atom is 0.138 e. The molecule has 0 saturated carbocycles. The molecule has 0 radical (unpaired) electrons. The van der Waals surface area contributed by atoms with Crippen LogP contribution in [0.3, 0.4) is 0 Å². The van der Waals surface area contributed by atoms with Crippen molar-refractivity contribution >= 4 is 38.8 Å². The van der Waals surface area contributed by atoms with Gasteiger partial charge in [0.15, 0.2) is 0 Å². The zero-order chi connectivity index (χ0) is 26.6. The molecule has 3 aromatic heterocycles. The summed E-state index contributed by atoms with van der Waals surface area (Å²) in [6.07, 6.45) is 6.47. The average molecular weight is 513 g/mol. The second kappa shape index (κ2) is 8.83. The monoisotopic (exact) mass is 512 g/mol. The molecule has 0 N–H and O–H groups in total. The lowest BCUT2D eigenvalue weighted by Gasteiger charge is -2.15. The van der Waals surface area contributed by atoms with Crippen molar-refractivity contribution in [2.45, 2.75) is 12.8 Å². The summed E-state index contributed by atoms with van der Waals surface area (Å²) in [4.78, 5) is 5.17. The zero-order valence-corrected chi connectivity index (χ0v) is 21.8. The molecule has 7 aromatic rings. The van der Waals surface area contributed by atoms with Crippen LogP contribution >= 0.6 is 0 Å². The summed E-state index contributed by atoms with van der Waals surface area (Å²) >= 11 is 0. The van der Waals surface area contributed by atoms with E-state index in [2.05, 4.69) is 118 Å². The van der Waals surface area contributed by atoms with Crippen LogP contribution < -0.4 is 0 Å². The normalized spacial score (nSPS) is 12.7. The van der Waals surface area contributed by atoms with E-state index in [0.29, 0.717) is 5.56 Å². The number of nitrogens with zero attached hydrogens (tertiary/aromatic N) is 4. The minimum absolute atomic E-state index is 0.620. The van der Waals surface area contributed by atoms with Crippen molar-refractivity contribution < 1.29 is 0 Å². The number of fused-ring (bicyclic) bond motifs is 6. The first kappa shape index (κ1) is 22.6. The number of nitriles is 1. The quantitative estimate of drug-likeness (QED) is 0.238. The summed E-state index contributed by atoms with van der Waals surface area (Å²) in [5, 5.41) is 13.7. The molecule has 40 heavy (non-hydrogen) atoms. The number of allylic oxidation sites excluding steroid dienone is 1. The Hall–Kier alpha value is -5.40. The number of hydrogen-bond donors (Lipinski definition) is 0. The van der Waals surface area contributed by atoms with Gasteiger partial charge in [-0.1, -0.05) is 72.8 Å². The van der Waals surface area contributed by atoms with Crippen LogP contribution in [0.4, 0.5) is 0 Å². The van der Waals surface area contributed by atoms with Crippen LogP contribution in [0.1, 0.15) is 23.2 Å². The fraction of sp³-hybridized carbons (Fsp3) is 0.0556. The third-order valence-electron chi connectivity index (χ3n) is 7.99. The van der Waals surface area contributed by atoms with E-state index in [0.717, 1.165) is 52.2 Å². The van der Waals surface area contributed by atoms with Crippen molar-refractivity contribution in [2.75, 3.05) is 0 Å². The van der Waals surface area contributed by atoms with Crippen LogP contribution in [-0.4, -0.2) is 14.1 Å². The molecule has 0 spiro atoms. The van der Waals surface area contributed by atoms with Gasteiger partial charge in [0, 0.05) is 38.7 Å². The van der Waals surface area contributed by atoms with Crippen molar-refractivity contribution in [3.05, 3.63) is 132 Å². The Morgan fingerprint density at radius 3 is 2.08 bits per heavy atom. The number of aromatic nitrogens is 3. The van der Waals surface area contributed by atoms with Gasteiger partial charge in [-0.15, -0.1) is 0 Å². The van der Waals surface area contributed by atoms with E-state index in [1.54, 1.807) is 0 Å². The maximum atomic E-state index is 10.0. The minimum Gasteiger partial charge on any atom is -0.313 e. The third-order valence-corrected chi connectivity index (χ3v) is 7.99. The van der Waals surface area contributed by atoms with Gasteiger partial charge in [0.05, 0.1) is 33.9 Å². The molecule has 4 heteroatoms. The van der Waals surface area contributed by atoms with E-state index in [4.69, 9.17) is 4.98 Å². The summed E-state index contributed by atoms with van der Waals surface area (Å²) in [7, 11) is 0. The van der Waals surface area contributed by atoms with E-state index >= 15 is 0 Å². The summed E-state index contributed by atoms with van der Waals surface area (Å²) < 4.78 is 4.56. The van der Waals surface area contributed by atoms with E-state index in [1.807, 2.05) is 18.2 Å².